The summed E-state index contributed by atoms with van der Waals surface area (Å²) >= 11 is 0. The highest BCUT2D eigenvalue weighted by Gasteiger charge is 2.60. The van der Waals surface area contributed by atoms with Crippen LogP contribution in [-0.2, 0) is 6.54 Å². The average Bonchev–Trinajstić information content (AvgIpc) is 2.87. The summed E-state index contributed by atoms with van der Waals surface area (Å²) in [5, 5.41) is 14.1. The molecule has 2 saturated carbocycles. The zero-order valence-corrected chi connectivity index (χ0v) is 11.1. The maximum Gasteiger partial charge on any atom is 0.206 e. The highest BCUT2D eigenvalue weighted by molar-refractivity contribution is 5.53. The van der Waals surface area contributed by atoms with E-state index in [0.717, 1.165) is 35.9 Å². The molecule has 0 unspecified atom stereocenters. The smallest absolute Gasteiger partial charge is 0.206 e. The van der Waals surface area contributed by atoms with Gasteiger partial charge in [-0.15, -0.1) is 10.2 Å². The second kappa shape index (κ2) is 3.85. The van der Waals surface area contributed by atoms with Crippen molar-refractivity contribution in [1.29, 1.82) is 0 Å². The van der Waals surface area contributed by atoms with Crippen LogP contribution in [0, 0.1) is 17.8 Å². The molecule has 3 fully saturated rings. The molecule has 4 atom stereocenters. The molecule has 0 spiro atoms. The van der Waals surface area contributed by atoms with Gasteiger partial charge in [0, 0.05) is 37.1 Å². The van der Waals surface area contributed by atoms with E-state index in [1.54, 1.807) is 6.20 Å². The molecule has 1 saturated heterocycles. The summed E-state index contributed by atoms with van der Waals surface area (Å²) in [6, 6.07) is 2.97. The van der Waals surface area contributed by atoms with Crippen molar-refractivity contribution in [3.05, 3.63) is 24.0 Å². The Morgan fingerprint density at radius 3 is 3.05 bits per heavy atom. The van der Waals surface area contributed by atoms with Crippen LogP contribution in [0.1, 0.15) is 18.4 Å². The third-order valence-corrected chi connectivity index (χ3v) is 5.26. The van der Waals surface area contributed by atoms with Crippen LogP contribution in [0.2, 0.25) is 0 Å². The van der Waals surface area contributed by atoms with Crippen LogP contribution in [0.4, 0.5) is 0 Å². The number of nitrogens with one attached hydrogen (secondary N) is 1. The van der Waals surface area contributed by atoms with Gasteiger partial charge in [0.15, 0.2) is 0 Å². The summed E-state index contributed by atoms with van der Waals surface area (Å²) in [6.07, 6.45) is 6.65. The topological polar surface area (TPSA) is 70.6 Å². The molecule has 3 aliphatic rings. The molecule has 3 heterocycles. The quantitative estimate of drug-likeness (QED) is 0.902. The predicted octanol–water partition coefficient (Wildman–Crippen LogP) is 1.10. The largest absolute Gasteiger partial charge is 0.295 e. The molecule has 0 radical (unpaired) electrons. The number of tetrazole rings is 1. The molecule has 2 bridgehead atoms. The van der Waals surface area contributed by atoms with Crippen LogP contribution in [0.3, 0.4) is 0 Å². The van der Waals surface area contributed by atoms with Gasteiger partial charge in [-0.2, -0.15) is 5.21 Å². The Morgan fingerprint density at radius 1 is 1.25 bits per heavy atom. The van der Waals surface area contributed by atoms with E-state index in [0.29, 0.717) is 5.82 Å². The molecular weight excluding hydrogens is 252 g/mol. The molecule has 6 heteroatoms. The Bertz CT molecular complexity index is 639. The predicted molar refractivity (Wildman–Crippen MR) is 71.3 cm³/mol. The lowest BCUT2D eigenvalue weighted by atomic mass is 10.1. The van der Waals surface area contributed by atoms with E-state index in [2.05, 4.69) is 36.6 Å². The lowest BCUT2D eigenvalue weighted by Gasteiger charge is -2.26. The van der Waals surface area contributed by atoms with Crippen LogP contribution >= 0.6 is 0 Å². The molecule has 20 heavy (non-hydrogen) atoms. The number of aromatic amines is 1. The van der Waals surface area contributed by atoms with E-state index in [9.17, 15) is 0 Å². The number of piperidine rings is 1. The fourth-order valence-corrected chi connectivity index (χ4v) is 4.34. The van der Waals surface area contributed by atoms with Gasteiger partial charge in [-0.25, -0.2) is 0 Å². The van der Waals surface area contributed by atoms with E-state index in [-0.39, 0.29) is 0 Å². The van der Waals surface area contributed by atoms with E-state index >= 15 is 0 Å². The second-order valence-corrected chi connectivity index (χ2v) is 6.37. The van der Waals surface area contributed by atoms with Crippen molar-refractivity contribution in [2.24, 2.45) is 17.8 Å². The normalized spacial score (nSPS) is 34.4. The van der Waals surface area contributed by atoms with E-state index in [4.69, 9.17) is 0 Å². The summed E-state index contributed by atoms with van der Waals surface area (Å²) in [7, 11) is 0. The first kappa shape index (κ1) is 10.9. The Hall–Kier alpha value is -1.82. The number of H-pyrrole nitrogens is 1. The summed E-state index contributed by atoms with van der Waals surface area (Å²) in [6.45, 7) is 2.28. The summed E-state index contributed by atoms with van der Waals surface area (Å²) < 4.78 is 0. The van der Waals surface area contributed by atoms with Crippen LogP contribution in [0.25, 0.3) is 11.4 Å². The highest BCUT2D eigenvalue weighted by atomic mass is 15.5. The van der Waals surface area contributed by atoms with Gasteiger partial charge in [-0.3, -0.25) is 9.88 Å². The molecule has 2 aromatic rings. The number of nitrogens with zero attached hydrogens (tertiary/aromatic N) is 5. The van der Waals surface area contributed by atoms with Crippen molar-refractivity contribution < 1.29 is 0 Å². The highest BCUT2D eigenvalue weighted by Crippen LogP contribution is 2.61. The minimum atomic E-state index is 0.615. The van der Waals surface area contributed by atoms with Crippen LogP contribution in [-0.4, -0.2) is 43.1 Å². The maximum atomic E-state index is 4.33. The SMILES string of the molecule is c1ncc(-c2nn[nH]n2)cc1CN1C[C@@H]2C[C@H]1[C@H]1C[C@@H]21. The van der Waals surface area contributed by atoms with Crippen molar-refractivity contribution in [2.75, 3.05) is 6.54 Å². The van der Waals surface area contributed by atoms with Crippen molar-refractivity contribution in [3.63, 3.8) is 0 Å². The lowest BCUT2D eigenvalue weighted by molar-refractivity contribution is 0.195. The minimum absolute atomic E-state index is 0.615. The number of likely N-dealkylation sites (tertiary alicyclic amines) is 1. The van der Waals surface area contributed by atoms with Gasteiger partial charge in [0.1, 0.15) is 0 Å². The fraction of sp³-hybridized carbons (Fsp3) is 0.571. The number of pyridine rings is 1. The average molecular weight is 268 g/mol. The van der Waals surface area contributed by atoms with Gasteiger partial charge in [-0.1, -0.05) is 0 Å². The van der Waals surface area contributed by atoms with Crippen LogP contribution < -0.4 is 0 Å². The van der Waals surface area contributed by atoms with Crippen molar-refractivity contribution in [2.45, 2.75) is 25.4 Å². The number of aromatic nitrogens is 5. The molecule has 5 rings (SSSR count). The van der Waals surface area contributed by atoms with Gasteiger partial charge in [0.05, 0.1) is 0 Å². The summed E-state index contributed by atoms with van der Waals surface area (Å²) in [5.74, 6) is 3.66. The Labute approximate surface area is 116 Å². The monoisotopic (exact) mass is 268 g/mol. The first-order valence-electron chi connectivity index (χ1n) is 7.30. The molecule has 2 aliphatic carbocycles. The summed E-state index contributed by atoms with van der Waals surface area (Å²) in [5.41, 5.74) is 2.18. The molecular formula is C14H16N6. The molecule has 1 aliphatic heterocycles. The Kier molecular flexibility index (Phi) is 2.10. The first-order chi connectivity index (χ1) is 9.88. The standard InChI is InChI=1S/C14H16N6/c1-8(4-15-5-9(1)14-16-18-19-17-14)6-20-7-10-2-13(20)12-3-11(10)12/h1,4-5,10-13H,2-3,6-7H2,(H,16,17,18,19)/t10-,11-,12-,13-/m0/s1. The van der Waals surface area contributed by atoms with Gasteiger partial charge >= 0.3 is 0 Å². The van der Waals surface area contributed by atoms with Crippen molar-refractivity contribution in [3.8, 4) is 11.4 Å². The van der Waals surface area contributed by atoms with Crippen molar-refractivity contribution >= 4 is 0 Å². The van der Waals surface area contributed by atoms with Gasteiger partial charge < -0.3 is 0 Å². The molecule has 1 N–H and O–H groups in total. The van der Waals surface area contributed by atoms with Gasteiger partial charge in [0.25, 0.3) is 0 Å². The maximum absolute atomic E-state index is 4.33. The van der Waals surface area contributed by atoms with Gasteiger partial charge in [-0.05, 0) is 47.4 Å². The van der Waals surface area contributed by atoms with Crippen LogP contribution in [0.15, 0.2) is 18.5 Å². The Balaban J connectivity index is 1.38. The van der Waals surface area contributed by atoms with Crippen LogP contribution in [0.5, 0.6) is 0 Å². The number of hydrogen-bond acceptors (Lipinski definition) is 5. The molecule has 6 nitrogen and oxygen atoms in total. The zero-order valence-electron chi connectivity index (χ0n) is 11.1. The Morgan fingerprint density at radius 2 is 2.25 bits per heavy atom. The zero-order chi connectivity index (χ0) is 13.1. The summed E-state index contributed by atoms with van der Waals surface area (Å²) in [4.78, 5) is 6.97. The fourth-order valence-electron chi connectivity index (χ4n) is 4.34. The number of hydrogen-bond donors (Lipinski definition) is 1. The third-order valence-electron chi connectivity index (χ3n) is 5.26. The lowest BCUT2D eigenvalue weighted by Crippen LogP contribution is -2.33. The minimum Gasteiger partial charge on any atom is -0.295 e. The first-order valence-corrected chi connectivity index (χ1v) is 7.30. The number of rotatable bonds is 3. The van der Waals surface area contributed by atoms with E-state index in [1.165, 1.54) is 24.9 Å². The molecule has 102 valence electrons. The molecule has 0 amide bonds. The van der Waals surface area contributed by atoms with Crippen molar-refractivity contribution in [1.82, 2.24) is 30.5 Å². The second-order valence-electron chi connectivity index (χ2n) is 6.37. The van der Waals surface area contributed by atoms with Gasteiger partial charge in [0.2, 0.25) is 5.82 Å². The third kappa shape index (κ3) is 1.54. The molecule has 2 aromatic heterocycles. The number of fused-ring (bicyclic) bond motifs is 5. The van der Waals surface area contributed by atoms with E-state index in [1.807, 2.05) is 6.20 Å². The van der Waals surface area contributed by atoms with E-state index < -0.39 is 0 Å². The molecule has 0 aromatic carbocycles.